The van der Waals surface area contributed by atoms with E-state index in [9.17, 15) is 18.0 Å². The molecule has 0 saturated carbocycles. The van der Waals surface area contributed by atoms with Gasteiger partial charge in [0.25, 0.3) is 0 Å². The fourth-order valence-corrected chi connectivity index (χ4v) is 6.30. The Balaban J connectivity index is 1.24. The average molecular weight is 684 g/mol. The van der Waals surface area contributed by atoms with E-state index in [0.717, 1.165) is 16.7 Å². The summed E-state index contributed by atoms with van der Waals surface area (Å²) in [5, 5.41) is 29.3. The first-order valence-electron chi connectivity index (χ1n) is 15.4. The van der Waals surface area contributed by atoms with Crippen molar-refractivity contribution in [2.45, 2.75) is 50.8 Å². The minimum absolute atomic E-state index is 0.00117. The second-order valence-electron chi connectivity index (χ2n) is 11.5. The van der Waals surface area contributed by atoms with Crippen molar-refractivity contribution in [1.29, 1.82) is 5.41 Å². The van der Waals surface area contributed by atoms with Gasteiger partial charge in [-0.2, -0.15) is 0 Å². The number of rotatable bonds is 16. The van der Waals surface area contributed by atoms with Crippen LogP contribution >= 0.6 is 0 Å². The molecular formula is C33H37N11O4S. The van der Waals surface area contributed by atoms with Crippen LogP contribution in [-0.4, -0.2) is 68.1 Å². The monoisotopic (exact) mass is 683 g/mol. The SMILES string of the molecule is C[C@@H](NS(=O)(=O)Cc1ccccc1)C(=O)N[C@@H](Cc1cn(Cc2ccc(Cn3ccnn3)cc2)nn1)C(=O)NCc1ccc(C(=N)N)cc1. The third kappa shape index (κ3) is 10.4. The first kappa shape index (κ1) is 34.6. The number of carbonyl (C=O) groups is 2. The fourth-order valence-electron chi connectivity index (χ4n) is 4.94. The Bertz CT molecular complexity index is 1960. The van der Waals surface area contributed by atoms with Gasteiger partial charge in [0.15, 0.2) is 0 Å². The van der Waals surface area contributed by atoms with Crippen molar-refractivity contribution in [1.82, 2.24) is 45.3 Å². The van der Waals surface area contributed by atoms with E-state index in [1.54, 1.807) is 82.6 Å². The van der Waals surface area contributed by atoms with Gasteiger partial charge in [-0.1, -0.05) is 89.3 Å². The summed E-state index contributed by atoms with van der Waals surface area (Å²) in [6.07, 6.45) is 5.11. The maximum Gasteiger partial charge on any atom is 0.243 e. The molecule has 0 aliphatic heterocycles. The molecule has 16 heteroatoms. The topological polar surface area (TPSA) is 216 Å². The quantitative estimate of drug-likeness (QED) is 0.0743. The molecule has 0 spiro atoms. The fraction of sp³-hybridized carbons (Fsp3) is 0.242. The number of amides is 2. The van der Waals surface area contributed by atoms with Gasteiger partial charge in [-0.15, -0.1) is 10.2 Å². The molecule has 5 rings (SSSR count). The number of nitrogen functional groups attached to an aromatic ring is 1. The van der Waals surface area contributed by atoms with E-state index in [-0.39, 0.29) is 24.6 Å². The van der Waals surface area contributed by atoms with E-state index >= 15 is 0 Å². The van der Waals surface area contributed by atoms with Crippen LogP contribution in [0.3, 0.4) is 0 Å². The zero-order valence-electron chi connectivity index (χ0n) is 26.7. The molecule has 2 aromatic heterocycles. The summed E-state index contributed by atoms with van der Waals surface area (Å²) in [6.45, 7) is 2.58. The van der Waals surface area contributed by atoms with Gasteiger partial charge in [-0.3, -0.25) is 15.0 Å². The first-order valence-corrected chi connectivity index (χ1v) is 17.0. The highest BCUT2D eigenvalue weighted by molar-refractivity contribution is 7.88. The van der Waals surface area contributed by atoms with Crippen LogP contribution in [0.25, 0.3) is 0 Å². The van der Waals surface area contributed by atoms with Gasteiger partial charge < -0.3 is 16.4 Å². The van der Waals surface area contributed by atoms with Crippen LogP contribution < -0.4 is 21.1 Å². The second kappa shape index (κ2) is 15.9. The van der Waals surface area contributed by atoms with Gasteiger partial charge in [-0.05, 0) is 29.2 Å². The zero-order valence-corrected chi connectivity index (χ0v) is 27.5. The van der Waals surface area contributed by atoms with Gasteiger partial charge in [0.2, 0.25) is 21.8 Å². The second-order valence-corrected chi connectivity index (χ2v) is 13.3. The Morgan fingerprint density at radius 2 is 1.51 bits per heavy atom. The van der Waals surface area contributed by atoms with E-state index < -0.39 is 33.9 Å². The molecule has 0 saturated heterocycles. The summed E-state index contributed by atoms with van der Waals surface area (Å²) in [5.41, 5.74) is 9.90. The molecule has 0 bridgehead atoms. The normalized spacial score (nSPS) is 12.6. The van der Waals surface area contributed by atoms with Gasteiger partial charge in [0.05, 0.1) is 36.8 Å². The van der Waals surface area contributed by atoms with Crippen LogP contribution in [0.5, 0.6) is 0 Å². The molecule has 0 fully saturated rings. The van der Waals surface area contributed by atoms with Crippen LogP contribution in [0.4, 0.5) is 0 Å². The maximum atomic E-state index is 13.4. The third-order valence-electron chi connectivity index (χ3n) is 7.50. The van der Waals surface area contributed by atoms with Crippen molar-refractivity contribution in [2.75, 3.05) is 0 Å². The lowest BCUT2D eigenvalue weighted by Gasteiger charge is -2.21. The molecule has 0 aliphatic rings. The van der Waals surface area contributed by atoms with Crippen molar-refractivity contribution < 1.29 is 18.0 Å². The number of benzene rings is 3. The molecule has 2 atom stereocenters. The first-order chi connectivity index (χ1) is 23.5. The molecular weight excluding hydrogens is 647 g/mol. The minimum Gasteiger partial charge on any atom is -0.384 e. The van der Waals surface area contributed by atoms with Crippen molar-refractivity contribution in [2.24, 2.45) is 5.73 Å². The summed E-state index contributed by atoms with van der Waals surface area (Å²) in [7, 11) is -3.86. The molecule has 0 radical (unpaired) electrons. The Labute approximate surface area is 283 Å². The Morgan fingerprint density at radius 1 is 0.857 bits per heavy atom. The van der Waals surface area contributed by atoms with E-state index in [1.165, 1.54) is 6.92 Å². The Hall–Kier alpha value is -5.74. The summed E-state index contributed by atoms with van der Waals surface area (Å²) in [4.78, 5) is 26.7. The number of nitrogens with one attached hydrogen (secondary N) is 4. The average Bonchev–Trinajstić information content (AvgIpc) is 3.76. The highest BCUT2D eigenvalue weighted by Crippen LogP contribution is 2.10. The summed E-state index contributed by atoms with van der Waals surface area (Å²) >= 11 is 0. The van der Waals surface area contributed by atoms with Gasteiger partial charge >= 0.3 is 0 Å². The minimum atomic E-state index is -3.86. The number of carbonyl (C=O) groups excluding carboxylic acids is 2. The number of aromatic nitrogens is 6. The zero-order chi connectivity index (χ0) is 34.8. The Morgan fingerprint density at radius 3 is 2.14 bits per heavy atom. The number of sulfonamides is 1. The Kier molecular flexibility index (Phi) is 11.2. The van der Waals surface area contributed by atoms with Crippen LogP contribution in [0.15, 0.2) is 97.5 Å². The van der Waals surface area contributed by atoms with Gasteiger partial charge in [0.1, 0.15) is 11.9 Å². The van der Waals surface area contributed by atoms with E-state index in [2.05, 4.69) is 36.0 Å². The molecule has 5 aromatic rings. The smallest absolute Gasteiger partial charge is 0.243 e. The molecule has 49 heavy (non-hydrogen) atoms. The molecule has 2 amide bonds. The van der Waals surface area contributed by atoms with Gasteiger partial charge in [-0.25, -0.2) is 22.5 Å². The number of nitrogens with two attached hydrogens (primary N) is 1. The molecule has 2 heterocycles. The molecule has 254 valence electrons. The van der Waals surface area contributed by atoms with Crippen molar-refractivity contribution in [3.63, 3.8) is 0 Å². The van der Waals surface area contributed by atoms with E-state index in [0.29, 0.717) is 29.9 Å². The highest BCUT2D eigenvalue weighted by Gasteiger charge is 2.27. The maximum absolute atomic E-state index is 13.4. The predicted molar refractivity (Wildman–Crippen MR) is 181 cm³/mol. The van der Waals surface area contributed by atoms with Crippen molar-refractivity contribution in [3.8, 4) is 0 Å². The van der Waals surface area contributed by atoms with Crippen LogP contribution in [0.1, 0.15) is 40.4 Å². The number of amidine groups is 1. The van der Waals surface area contributed by atoms with Crippen LogP contribution in [0, 0.1) is 5.41 Å². The molecule has 3 aromatic carbocycles. The molecule has 0 aliphatic carbocycles. The summed E-state index contributed by atoms with van der Waals surface area (Å²) in [6, 6.07) is 21.1. The predicted octanol–water partition coefficient (Wildman–Crippen LogP) is 1.10. The molecule has 15 nitrogen and oxygen atoms in total. The lowest BCUT2D eigenvalue weighted by atomic mass is 10.1. The highest BCUT2D eigenvalue weighted by atomic mass is 32.2. The van der Waals surface area contributed by atoms with E-state index in [1.807, 2.05) is 24.3 Å². The van der Waals surface area contributed by atoms with Crippen LogP contribution in [-0.2, 0) is 51.4 Å². The molecule has 6 N–H and O–H groups in total. The number of hydrogen-bond acceptors (Lipinski definition) is 9. The largest absolute Gasteiger partial charge is 0.384 e. The lowest BCUT2D eigenvalue weighted by molar-refractivity contribution is -0.129. The van der Waals surface area contributed by atoms with E-state index in [4.69, 9.17) is 11.1 Å². The van der Waals surface area contributed by atoms with Crippen molar-refractivity contribution in [3.05, 3.63) is 131 Å². The number of hydrogen-bond donors (Lipinski definition) is 5. The third-order valence-corrected chi connectivity index (χ3v) is 8.92. The molecule has 0 unspecified atom stereocenters. The van der Waals surface area contributed by atoms with Gasteiger partial charge in [0, 0.05) is 30.9 Å². The van der Waals surface area contributed by atoms with Crippen LogP contribution in [0.2, 0.25) is 0 Å². The standard InChI is InChI=1S/C33H37N11O4S/c1-23(40-49(47,48)22-27-5-3-2-4-6-27)32(45)38-30(33(46)36-18-24-11-13-28(14-12-24)31(34)35)17-29-21-44(42-39-29)20-26-9-7-25(8-10-26)19-43-16-15-37-41-43/h2-16,21,23,30,40H,17-20,22H2,1H3,(H3,34,35)(H,36,46)(H,38,45)/t23-,30+/m1/s1. The van der Waals surface area contributed by atoms with Crippen molar-refractivity contribution >= 4 is 27.7 Å². The number of nitrogens with zero attached hydrogens (tertiary/aromatic N) is 6. The lowest BCUT2D eigenvalue weighted by Crippen LogP contribution is -2.53. The summed E-state index contributed by atoms with van der Waals surface area (Å²) in [5.74, 6) is -1.55. The summed E-state index contributed by atoms with van der Waals surface area (Å²) < 4.78 is 31.3.